The summed E-state index contributed by atoms with van der Waals surface area (Å²) in [6.45, 7) is 4.03. The number of nitrogens with zero attached hydrogens (tertiary/aromatic N) is 6. The Morgan fingerprint density at radius 3 is 2.77 bits per heavy atom. The van der Waals surface area contributed by atoms with E-state index in [9.17, 15) is 4.79 Å². The molecule has 8 nitrogen and oxygen atoms in total. The summed E-state index contributed by atoms with van der Waals surface area (Å²) in [6.07, 6.45) is 4.47. The Morgan fingerprint density at radius 2 is 2.03 bits per heavy atom. The van der Waals surface area contributed by atoms with Crippen molar-refractivity contribution in [3.05, 3.63) is 60.6 Å². The molecule has 1 atom stereocenters. The average molecular weight is 416 g/mol. The molecule has 0 saturated carbocycles. The van der Waals surface area contributed by atoms with Gasteiger partial charge in [-0.25, -0.2) is 9.97 Å². The molecule has 4 aromatic rings. The minimum Gasteiger partial charge on any atom is -0.497 e. The molecule has 31 heavy (non-hydrogen) atoms. The molecule has 0 radical (unpaired) electrons. The van der Waals surface area contributed by atoms with Crippen LogP contribution in [0.4, 0.5) is 0 Å². The fraction of sp³-hybridized carbons (Fsp3) is 0.304. The molecule has 0 aliphatic carbocycles. The van der Waals surface area contributed by atoms with Gasteiger partial charge in [-0.15, -0.1) is 0 Å². The average Bonchev–Trinajstić information content (AvgIpc) is 3.56. The van der Waals surface area contributed by atoms with E-state index in [0.717, 1.165) is 41.3 Å². The van der Waals surface area contributed by atoms with E-state index in [2.05, 4.69) is 14.6 Å². The van der Waals surface area contributed by atoms with Crippen molar-refractivity contribution in [3.8, 4) is 17.1 Å². The second kappa shape index (κ2) is 7.86. The third kappa shape index (κ3) is 3.43. The molecule has 0 N–H and O–H groups in total. The number of hydrogen-bond acceptors (Lipinski definition) is 5. The number of imidazole rings is 1. The monoisotopic (exact) mass is 416 g/mol. The third-order valence-corrected chi connectivity index (χ3v) is 5.80. The van der Waals surface area contributed by atoms with E-state index in [-0.39, 0.29) is 11.9 Å². The van der Waals surface area contributed by atoms with E-state index in [4.69, 9.17) is 9.72 Å². The van der Waals surface area contributed by atoms with Crippen LogP contribution >= 0.6 is 0 Å². The summed E-state index contributed by atoms with van der Waals surface area (Å²) in [6, 6.07) is 13.6. The maximum Gasteiger partial charge on any atom is 0.274 e. The van der Waals surface area contributed by atoms with Crippen LogP contribution in [0, 0.1) is 0 Å². The van der Waals surface area contributed by atoms with Crippen LogP contribution < -0.4 is 4.74 Å². The Labute approximate surface area is 180 Å². The zero-order valence-corrected chi connectivity index (χ0v) is 17.6. The van der Waals surface area contributed by atoms with Crippen LogP contribution in [0.2, 0.25) is 0 Å². The smallest absolute Gasteiger partial charge is 0.274 e. The lowest BCUT2D eigenvalue weighted by Gasteiger charge is -2.18. The van der Waals surface area contributed by atoms with Crippen LogP contribution in [-0.2, 0) is 6.54 Å². The zero-order chi connectivity index (χ0) is 21.4. The molecule has 1 aliphatic rings. The summed E-state index contributed by atoms with van der Waals surface area (Å²) in [5.41, 5.74) is 3.17. The van der Waals surface area contributed by atoms with Crippen LogP contribution in [0.3, 0.4) is 0 Å². The van der Waals surface area contributed by atoms with E-state index >= 15 is 0 Å². The fourth-order valence-corrected chi connectivity index (χ4v) is 4.17. The van der Waals surface area contributed by atoms with Gasteiger partial charge in [0.15, 0.2) is 5.65 Å². The molecule has 1 fully saturated rings. The summed E-state index contributed by atoms with van der Waals surface area (Å²) >= 11 is 0. The second-order valence-corrected chi connectivity index (χ2v) is 7.63. The number of carbonyl (C=O) groups is 1. The van der Waals surface area contributed by atoms with Crippen LogP contribution in [0.25, 0.3) is 22.6 Å². The molecule has 1 saturated heterocycles. The first-order valence-corrected chi connectivity index (χ1v) is 10.5. The van der Waals surface area contributed by atoms with Crippen molar-refractivity contribution >= 4 is 17.1 Å². The molecule has 8 heteroatoms. The summed E-state index contributed by atoms with van der Waals surface area (Å²) in [5.74, 6) is 1.62. The van der Waals surface area contributed by atoms with Gasteiger partial charge in [0, 0.05) is 37.6 Å². The van der Waals surface area contributed by atoms with E-state index in [1.165, 1.54) is 0 Å². The zero-order valence-electron chi connectivity index (χ0n) is 17.6. The van der Waals surface area contributed by atoms with Gasteiger partial charge in [-0.1, -0.05) is 0 Å². The quantitative estimate of drug-likeness (QED) is 0.498. The van der Waals surface area contributed by atoms with Gasteiger partial charge < -0.3 is 14.2 Å². The number of likely N-dealkylation sites (tertiary alicyclic amines) is 1. The van der Waals surface area contributed by atoms with E-state index in [0.29, 0.717) is 18.8 Å². The summed E-state index contributed by atoms with van der Waals surface area (Å²) in [7, 11) is 1.65. The van der Waals surface area contributed by atoms with Crippen LogP contribution in [0.1, 0.15) is 29.9 Å². The molecule has 0 spiro atoms. The first-order chi connectivity index (χ1) is 15.2. The Balaban J connectivity index is 1.48. The number of fused-ring (bicyclic) bond motifs is 1. The SMILES string of the molecule is CCn1ccc(C(=O)N2CC[C@@H](n3c(-c4ccc(OC)cc4)nc4cccnc43)C2)n1. The lowest BCUT2D eigenvalue weighted by atomic mass is 10.2. The first kappa shape index (κ1) is 19.3. The molecule has 3 aromatic heterocycles. The van der Waals surface area contributed by atoms with Gasteiger partial charge in [-0.3, -0.25) is 9.48 Å². The van der Waals surface area contributed by atoms with Gasteiger partial charge in [0.2, 0.25) is 0 Å². The number of benzene rings is 1. The highest BCUT2D eigenvalue weighted by Gasteiger charge is 2.32. The number of rotatable bonds is 5. The summed E-state index contributed by atoms with van der Waals surface area (Å²) in [5, 5.41) is 4.37. The van der Waals surface area contributed by atoms with Gasteiger partial charge >= 0.3 is 0 Å². The number of aromatic nitrogens is 5. The maximum atomic E-state index is 13.0. The van der Waals surface area contributed by atoms with Crippen molar-refractivity contribution < 1.29 is 9.53 Å². The molecule has 0 bridgehead atoms. The minimum atomic E-state index is -0.0296. The summed E-state index contributed by atoms with van der Waals surface area (Å²) in [4.78, 5) is 24.3. The van der Waals surface area contributed by atoms with Crippen LogP contribution in [0.15, 0.2) is 54.9 Å². The number of ether oxygens (including phenoxy) is 1. The lowest BCUT2D eigenvalue weighted by Crippen LogP contribution is -2.29. The highest BCUT2D eigenvalue weighted by Crippen LogP contribution is 2.33. The number of methoxy groups -OCH3 is 1. The first-order valence-electron chi connectivity index (χ1n) is 10.5. The minimum absolute atomic E-state index is 0.0296. The summed E-state index contributed by atoms with van der Waals surface area (Å²) < 4.78 is 9.24. The highest BCUT2D eigenvalue weighted by molar-refractivity contribution is 5.92. The standard InChI is InChI=1S/C23H24N6O2/c1-3-28-14-11-20(26-28)23(30)27-13-10-17(15-27)29-21(16-6-8-18(31-2)9-7-16)25-19-5-4-12-24-22(19)29/h4-9,11-12,14,17H,3,10,13,15H2,1-2H3/t17-/m1/s1. The second-order valence-electron chi connectivity index (χ2n) is 7.63. The number of aryl methyl sites for hydroxylation is 1. The molecule has 158 valence electrons. The lowest BCUT2D eigenvalue weighted by molar-refractivity contribution is 0.0781. The highest BCUT2D eigenvalue weighted by atomic mass is 16.5. The third-order valence-electron chi connectivity index (χ3n) is 5.80. The van der Waals surface area contributed by atoms with Crippen molar-refractivity contribution in [2.45, 2.75) is 25.9 Å². The molecule has 5 rings (SSSR count). The van der Waals surface area contributed by atoms with Crippen molar-refractivity contribution in [1.29, 1.82) is 0 Å². The van der Waals surface area contributed by atoms with Crippen molar-refractivity contribution in [1.82, 2.24) is 29.2 Å². The van der Waals surface area contributed by atoms with Gasteiger partial charge in [-0.2, -0.15) is 5.10 Å². The molecule has 0 unspecified atom stereocenters. The number of carbonyl (C=O) groups excluding carboxylic acids is 1. The normalized spacial score (nSPS) is 16.2. The van der Waals surface area contributed by atoms with Crippen molar-refractivity contribution in [2.75, 3.05) is 20.2 Å². The van der Waals surface area contributed by atoms with Crippen LogP contribution in [-0.4, -0.2) is 55.3 Å². The Morgan fingerprint density at radius 1 is 1.19 bits per heavy atom. The Bertz CT molecular complexity index is 1230. The van der Waals surface area contributed by atoms with Gasteiger partial charge in [-0.05, 0) is 55.8 Å². The van der Waals surface area contributed by atoms with E-state index in [1.54, 1.807) is 24.1 Å². The van der Waals surface area contributed by atoms with Gasteiger partial charge in [0.1, 0.15) is 22.8 Å². The molecule has 1 amide bonds. The van der Waals surface area contributed by atoms with Crippen molar-refractivity contribution in [2.24, 2.45) is 0 Å². The molecular weight excluding hydrogens is 392 g/mol. The van der Waals surface area contributed by atoms with Crippen LogP contribution in [0.5, 0.6) is 5.75 Å². The van der Waals surface area contributed by atoms with E-state index in [1.807, 2.05) is 54.4 Å². The molecule has 4 heterocycles. The Hall–Kier alpha value is -3.68. The predicted octanol–water partition coefficient (Wildman–Crippen LogP) is 3.41. The number of pyridine rings is 1. The maximum absolute atomic E-state index is 13.0. The largest absolute Gasteiger partial charge is 0.497 e. The van der Waals surface area contributed by atoms with Crippen molar-refractivity contribution in [3.63, 3.8) is 0 Å². The van der Waals surface area contributed by atoms with Gasteiger partial charge in [0.25, 0.3) is 5.91 Å². The number of hydrogen-bond donors (Lipinski definition) is 0. The molecular formula is C23H24N6O2. The molecule has 1 aromatic carbocycles. The predicted molar refractivity (Wildman–Crippen MR) is 117 cm³/mol. The fourth-order valence-electron chi connectivity index (χ4n) is 4.17. The Kier molecular flexibility index (Phi) is 4.89. The van der Waals surface area contributed by atoms with Gasteiger partial charge in [0.05, 0.1) is 13.2 Å². The topological polar surface area (TPSA) is 78.1 Å². The number of amides is 1. The molecule has 1 aliphatic heterocycles. The van der Waals surface area contributed by atoms with E-state index < -0.39 is 0 Å².